The molecule has 0 unspecified atom stereocenters. The van der Waals surface area contributed by atoms with Crippen LogP contribution < -0.4 is 0 Å². The summed E-state index contributed by atoms with van der Waals surface area (Å²) in [6.45, 7) is 2.21. The molecule has 3 aliphatic carbocycles. The minimum atomic E-state index is -0.0614. The topological polar surface area (TPSA) is 34.1 Å². The van der Waals surface area contributed by atoms with E-state index in [4.69, 9.17) is 7.85 Å². The van der Waals surface area contributed by atoms with E-state index in [-0.39, 0.29) is 17.5 Å². The number of aryl methyl sites for hydroxylation is 1. The maximum absolute atomic E-state index is 12.4. The van der Waals surface area contributed by atoms with Crippen LogP contribution in [0.5, 0.6) is 0 Å². The van der Waals surface area contributed by atoms with E-state index in [0.717, 1.165) is 44.1 Å². The first-order valence-corrected chi connectivity index (χ1v) is 8.94. The Morgan fingerprint density at radius 1 is 1.26 bits per heavy atom. The van der Waals surface area contributed by atoms with E-state index >= 15 is 0 Å². The van der Waals surface area contributed by atoms with Gasteiger partial charge in [0.2, 0.25) is 0 Å². The first-order chi connectivity index (χ1) is 11.0. The molecule has 3 aliphatic rings. The second-order valence-electron chi connectivity index (χ2n) is 7.87. The summed E-state index contributed by atoms with van der Waals surface area (Å²) in [7, 11) is 5.49. The zero-order valence-corrected chi connectivity index (χ0v) is 13.8. The standard InChI is InChI=1S/C20H23BO2/c1-20-9-8-15-14-4-3-13(18(22)11-21)10-12(14)2-5-16(15)17(20)6-7-19(20)23/h3-4,10,15-17H,2,5-9,11H2,1H3/t15-,16-,17+,20+/m1/s1. The van der Waals surface area contributed by atoms with E-state index in [9.17, 15) is 9.59 Å². The van der Waals surface area contributed by atoms with Crippen LogP contribution in [0.3, 0.4) is 0 Å². The van der Waals surface area contributed by atoms with Crippen molar-refractivity contribution >= 4 is 19.4 Å². The molecule has 2 saturated carbocycles. The van der Waals surface area contributed by atoms with Crippen LogP contribution in [0.1, 0.15) is 66.4 Å². The number of Topliss-reactive ketones (excluding diaryl/α,β-unsaturated/α-hetero) is 2. The number of carbonyl (C=O) groups excluding carboxylic acids is 2. The molecule has 4 atom stereocenters. The summed E-state index contributed by atoms with van der Waals surface area (Å²) in [5, 5.41) is 0. The zero-order valence-electron chi connectivity index (χ0n) is 13.8. The van der Waals surface area contributed by atoms with Gasteiger partial charge in [-0.05, 0) is 73.4 Å². The molecule has 2 fully saturated rings. The van der Waals surface area contributed by atoms with E-state index in [1.807, 2.05) is 6.07 Å². The fraction of sp³-hybridized carbons (Fsp3) is 0.600. The molecule has 118 valence electrons. The Morgan fingerprint density at radius 2 is 2.09 bits per heavy atom. The van der Waals surface area contributed by atoms with Gasteiger partial charge in [0.15, 0.2) is 5.78 Å². The number of hydrogen-bond acceptors (Lipinski definition) is 2. The minimum absolute atomic E-state index is 0.0209. The van der Waals surface area contributed by atoms with E-state index in [0.29, 0.717) is 23.5 Å². The summed E-state index contributed by atoms with van der Waals surface area (Å²) in [5.41, 5.74) is 3.45. The van der Waals surface area contributed by atoms with Crippen molar-refractivity contribution in [1.82, 2.24) is 0 Å². The normalized spacial score (nSPS) is 35.3. The van der Waals surface area contributed by atoms with Crippen molar-refractivity contribution in [2.45, 2.75) is 57.7 Å². The largest absolute Gasteiger partial charge is 0.299 e. The number of fused-ring (bicyclic) bond motifs is 5. The highest BCUT2D eigenvalue weighted by Gasteiger charge is 2.54. The molecular formula is C20H23BO2. The van der Waals surface area contributed by atoms with Gasteiger partial charge < -0.3 is 0 Å². The van der Waals surface area contributed by atoms with Crippen LogP contribution in [0.25, 0.3) is 0 Å². The van der Waals surface area contributed by atoms with E-state index in [1.165, 1.54) is 11.1 Å². The van der Waals surface area contributed by atoms with Gasteiger partial charge in [-0.2, -0.15) is 0 Å². The molecule has 0 N–H and O–H groups in total. The summed E-state index contributed by atoms with van der Waals surface area (Å²) in [4.78, 5) is 24.2. The molecule has 0 amide bonds. The monoisotopic (exact) mass is 306 g/mol. The van der Waals surface area contributed by atoms with Crippen LogP contribution in [-0.4, -0.2) is 19.4 Å². The molecule has 1 aromatic rings. The van der Waals surface area contributed by atoms with Gasteiger partial charge in [0.25, 0.3) is 0 Å². The summed E-state index contributed by atoms with van der Waals surface area (Å²) < 4.78 is 0. The van der Waals surface area contributed by atoms with Crippen LogP contribution in [0.2, 0.25) is 6.32 Å². The highest BCUT2D eigenvalue weighted by atomic mass is 16.1. The third kappa shape index (κ3) is 2.15. The van der Waals surface area contributed by atoms with Gasteiger partial charge in [0.05, 0.1) is 7.85 Å². The molecule has 0 spiro atoms. The van der Waals surface area contributed by atoms with Gasteiger partial charge in [-0.1, -0.05) is 19.1 Å². The highest BCUT2D eigenvalue weighted by Crippen LogP contribution is 2.59. The van der Waals surface area contributed by atoms with Gasteiger partial charge in [0, 0.05) is 17.4 Å². The Bertz CT molecular complexity index is 680. The molecule has 0 aromatic heterocycles. The second-order valence-corrected chi connectivity index (χ2v) is 7.87. The number of rotatable bonds is 2. The number of ketones is 2. The summed E-state index contributed by atoms with van der Waals surface area (Å²) in [6, 6.07) is 6.17. The van der Waals surface area contributed by atoms with Gasteiger partial charge in [0.1, 0.15) is 5.78 Å². The minimum Gasteiger partial charge on any atom is -0.299 e. The lowest BCUT2D eigenvalue weighted by atomic mass is 9.55. The maximum atomic E-state index is 12.4. The van der Waals surface area contributed by atoms with Gasteiger partial charge in [-0.3, -0.25) is 9.59 Å². The van der Waals surface area contributed by atoms with Crippen molar-refractivity contribution in [2.75, 3.05) is 0 Å². The van der Waals surface area contributed by atoms with Crippen LogP contribution in [-0.2, 0) is 11.2 Å². The smallest absolute Gasteiger partial charge is 0.154 e. The molecule has 1 aromatic carbocycles. The second kappa shape index (κ2) is 5.32. The predicted octanol–water partition coefficient (Wildman–Crippen LogP) is 3.88. The lowest BCUT2D eigenvalue weighted by molar-refractivity contribution is -0.129. The molecule has 0 heterocycles. The summed E-state index contributed by atoms with van der Waals surface area (Å²) in [6.07, 6.45) is 6.26. The average Bonchev–Trinajstić information content (AvgIpc) is 2.88. The number of benzene rings is 1. The van der Waals surface area contributed by atoms with Crippen LogP contribution in [0, 0.1) is 17.3 Å². The molecule has 4 rings (SSSR count). The van der Waals surface area contributed by atoms with Gasteiger partial charge in [-0.25, -0.2) is 0 Å². The Morgan fingerprint density at radius 3 is 2.87 bits per heavy atom. The van der Waals surface area contributed by atoms with Crippen molar-refractivity contribution in [2.24, 2.45) is 17.3 Å². The molecule has 0 saturated heterocycles. The van der Waals surface area contributed by atoms with Crippen molar-refractivity contribution in [3.63, 3.8) is 0 Å². The van der Waals surface area contributed by atoms with Crippen molar-refractivity contribution in [3.05, 3.63) is 34.9 Å². The third-order valence-electron chi connectivity index (χ3n) is 6.94. The van der Waals surface area contributed by atoms with E-state index < -0.39 is 0 Å². The molecule has 2 nitrogen and oxygen atoms in total. The molecular weight excluding hydrogens is 283 g/mol. The highest BCUT2D eigenvalue weighted by molar-refractivity contribution is 6.24. The number of carbonyl (C=O) groups is 2. The Kier molecular flexibility index (Phi) is 3.51. The van der Waals surface area contributed by atoms with Crippen LogP contribution in [0.15, 0.2) is 18.2 Å². The van der Waals surface area contributed by atoms with Gasteiger partial charge >= 0.3 is 0 Å². The molecule has 0 bridgehead atoms. The summed E-state index contributed by atoms with van der Waals surface area (Å²) >= 11 is 0. The Hall–Kier alpha value is -1.38. The van der Waals surface area contributed by atoms with Crippen molar-refractivity contribution in [1.29, 1.82) is 0 Å². The van der Waals surface area contributed by atoms with E-state index in [2.05, 4.69) is 19.1 Å². The van der Waals surface area contributed by atoms with Crippen LogP contribution in [0.4, 0.5) is 0 Å². The SMILES string of the molecule is [B]CC(=O)c1ccc2c(c1)CC[C@@H]1[C@@H]2CC[C@]2(C)C(=O)CC[C@@H]12. The quantitative estimate of drug-likeness (QED) is 0.614. The Balaban J connectivity index is 1.67. The molecule has 23 heavy (non-hydrogen) atoms. The third-order valence-corrected chi connectivity index (χ3v) is 6.94. The Labute approximate surface area is 139 Å². The zero-order chi connectivity index (χ0) is 16.2. The molecule has 0 aliphatic heterocycles. The average molecular weight is 306 g/mol. The fourth-order valence-electron chi connectivity index (χ4n) is 5.64. The summed E-state index contributed by atoms with van der Waals surface area (Å²) in [5.74, 6) is 2.30. The first-order valence-electron chi connectivity index (χ1n) is 8.94. The predicted molar refractivity (Wildman–Crippen MR) is 91.0 cm³/mol. The van der Waals surface area contributed by atoms with E-state index in [1.54, 1.807) is 0 Å². The fourth-order valence-corrected chi connectivity index (χ4v) is 5.64. The maximum Gasteiger partial charge on any atom is 0.154 e. The lowest BCUT2D eigenvalue weighted by Gasteiger charge is -2.48. The van der Waals surface area contributed by atoms with Crippen molar-refractivity contribution < 1.29 is 9.59 Å². The first kappa shape index (κ1) is 15.2. The van der Waals surface area contributed by atoms with Crippen molar-refractivity contribution in [3.8, 4) is 0 Å². The molecule has 3 heteroatoms. The van der Waals surface area contributed by atoms with Gasteiger partial charge in [-0.15, -0.1) is 0 Å². The van der Waals surface area contributed by atoms with Crippen LogP contribution >= 0.6 is 0 Å². The lowest BCUT2D eigenvalue weighted by Crippen LogP contribution is -2.42. The number of hydrogen-bond donors (Lipinski definition) is 0. The molecule has 2 radical (unpaired) electrons.